The van der Waals surface area contributed by atoms with Crippen molar-refractivity contribution in [3.63, 3.8) is 0 Å². The van der Waals surface area contributed by atoms with Crippen LogP contribution < -0.4 is 111 Å². The molecule has 1 fully saturated rings. The number of nitrogens with one attached hydrogen (secondary N) is 2. The Morgan fingerprint density at radius 2 is 1.68 bits per heavy atom. The summed E-state index contributed by atoms with van der Waals surface area (Å²) in [5.74, 6) is -1.24. The Bertz CT molecular complexity index is 1810. The Kier molecular flexibility index (Phi) is 26.4. The minimum absolute atomic E-state index is 0. The number of carbonyl (C=O) groups is 3. The Morgan fingerprint density at radius 1 is 1.05 bits per heavy atom. The molecule has 0 aromatic carbocycles. The van der Waals surface area contributed by atoms with Gasteiger partial charge in [-0.25, -0.2) is 19.3 Å². The molecule has 0 radical (unpaired) electrons. The number of allylic oxidation sites excluding steroid dienone is 1. The minimum Gasteiger partial charge on any atom is -0.790 e. The molecule has 2 aromatic heterocycles. The molecule has 2 amide bonds. The van der Waals surface area contributed by atoms with Gasteiger partial charge >= 0.3 is 75.4 Å². The van der Waals surface area contributed by atoms with Crippen molar-refractivity contribution in [1.82, 2.24) is 30.2 Å². The van der Waals surface area contributed by atoms with Gasteiger partial charge in [0.2, 0.25) is 16.9 Å². The summed E-state index contributed by atoms with van der Waals surface area (Å²) in [5.41, 5.74) is 4.06. The number of nitrogens with two attached hydrogens (primary N) is 1. The first-order valence-corrected chi connectivity index (χ1v) is 20.5. The topological polar surface area (TPSA) is 375 Å². The van der Waals surface area contributed by atoms with E-state index in [1.807, 2.05) is 0 Å². The van der Waals surface area contributed by atoms with Gasteiger partial charge in [-0.05, 0) is 13.0 Å². The van der Waals surface area contributed by atoms with E-state index in [0.717, 1.165) is 29.0 Å². The molecule has 7 atom stereocenters. The van der Waals surface area contributed by atoms with Crippen LogP contribution in [0.5, 0.6) is 0 Å². The molecule has 6 N–H and O–H groups in total. The molecular weight excluding hydrogens is 823 g/mol. The number of nitrogen functional groups attached to an aromatic ring is 1. The van der Waals surface area contributed by atoms with Crippen molar-refractivity contribution in [1.29, 1.82) is 0 Å². The van der Waals surface area contributed by atoms with Crippen molar-refractivity contribution in [2.75, 3.05) is 37.8 Å². The molecule has 1 saturated heterocycles. The number of anilines is 1. The maximum absolute atomic E-state index is 12.5. The Labute approximate surface area is 378 Å². The summed E-state index contributed by atoms with van der Waals surface area (Å²) < 4.78 is 60.3. The van der Waals surface area contributed by atoms with Crippen molar-refractivity contribution in [2.24, 2.45) is 5.41 Å². The second kappa shape index (κ2) is 25.6. The number of imidazole rings is 1. The third kappa shape index (κ3) is 18.7. The Balaban J connectivity index is 0. The molecule has 57 heavy (non-hydrogen) atoms. The van der Waals surface area contributed by atoms with Crippen LogP contribution in [0.25, 0.3) is 11.2 Å². The van der Waals surface area contributed by atoms with Crippen molar-refractivity contribution in [3.05, 3.63) is 24.8 Å². The minimum atomic E-state index is -5.91. The van der Waals surface area contributed by atoms with Gasteiger partial charge in [-0.2, -0.15) is 0 Å². The van der Waals surface area contributed by atoms with E-state index in [9.17, 15) is 57.9 Å². The van der Waals surface area contributed by atoms with Crippen molar-refractivity contribution in [3.8, 4) is 0 Å². The van der Waals surface area contributed by atoms with Crippen LogP contribution in [0.1, 0.15) is 33.4 Å². The molecule has 1 aliphatic rings. The van der Waals surface area contributed by atoms with Gasteiger partial charge in [0.05, 0.1) is 27.4 Å². The number of aliphatic hydroxyl groups excluding tert-OH is 2. The fourth-order valence-electron chi connectivity index (χ4n) is 4.44. The SMILES string of the molecule is C/C=C/C(=O)SCCNC(=O)CCNC(=O)[C@H](O)C(C)(C)COP(=O)([O-])OP(=O)([O-])OC[C@H]1O[C@@H](n2cnc3c(N)ncnc32)[C@H](O)[C@@H]1OP(=O)([O-])[O-].[Li+].[Li+].[Li+].[Li+]. The number of carbonyl (C=O) groups excluding carboxylic acids is 3. The van der Waals surface area contributed by atoms with Gasteiger partial charge in [0, 0.05) is 30.7 Å². The molecular formula is C25H36Li4N7O17P3S. The maximum Gasteiger partial charge on any atom is 1.00 e. The zero-order valence-electron chi connectivity index (χ0n) is 32.1. The predicted molar refractivity (Wildman–Crippen MR) is 173 cm³/mol. The summed E-state index contributed by atoms with van der Waals surface area (Å²) in [4.78, 5) is 95.1. The van der Waals surface area contributed by atoms with Crippen LogP contribution >= 0.6 is 35.2 Å². The van der Waals surface area contributed by atoms with E-state index in [4.69, 9.17) is 10.5 Å². The van der Waals surface area contributed by atoms with Crippen molar-refractivity contribution in [2.45, 2.75) is 57.8 Å². The molecule has 0 aliphatic carbocycles. The number of phosphoric acid groups is 3. The van der Waals surface area contributed by atoms with Crippen LogP contribution in [0.15, 0.2) is 24.8 Å². The fourth-order valence-corrected chi connectivity index (χ4v) is 7.82. The summed E-state index contributed by atoms with van der Waals surface area (Å²) in [5, 5.41) is 25.9. The number of thioether (sulfide) groups is 1. The van der Waals surface area contributed by atoms with Gasteiger partial charge in [-0.1, -0.05) is 31.7 Å². The number of ether oxygens (including phenoxy) is 1. The number of phosphoric ester groups is 3. The number of hydrogen-bond donors (Lipinski definition) is 5. The van der Waals surface area contributed by atoms with E-state index in [2.05, 4.69) is 43.5 Å². The van der Waals surface area contributed by atoms with Gasteiger partial charge in [-0.15, -0.1) is 0 Å². The fraction of sp³-hybridized carbons (Fsp3) is 0.600. The van der Waals surface area contributed by atoms with E-state index in [-0.39, 0.29) is 117 Å². The molecule has 0 saturated carbocycles. The molecule has 2 aromatic rings. The number of nitrogens with zero attached hydrogens (tertiary/aromatic N) is 4. The summed E-state index contributed by atoms with van der Waals surface area (Å²) in [7, 11) is -17.6. The van der Waals surface area contributed by atoms with Crippen LogP contribution in [0.3, 0.4) is 0 Å². The molecule has 3 rings (SSSR count). The van der Waals surface area contributed by atoms with E-state index >= 15 is 0 Å². The van der Waals surface area contributed by atoms with E-state index < -0.39 is 84.6 Å². The first kappa shape index (κ1) is 58.8. The van der Waals surface area contributed by atoms with Crippen LogP contribution in [-0.4, -0.2) is 103 Å². The standard InChI is InChI=1S/C25H40N7O17P3S.4Li/c1-4-5-16(34)53-9-8-27-15(33)6-7-28-23(37)20(36)25(2,3)11-46-52(43,44)49-51(41,42)45-10-14-19(48-50(38,39)40)18(35)24(47-14)32-13-31-17-21(26)29-12-30-22(17)32;;;;/h4-5,12-14,18-20,24,35-36H,6-11H2,1-3H3,(H,27,33)(H,28,37)(H,41,42)(H,43,44)(H2,26,29,30)(H2,38,39,40);;;;/q;4*+1/p-4/b5-4+;;;;/t14-,18-,19-,20+,24-;;;;/m1..../s1. The maximum atomic E-state index is 12.5. The first-order valence-electron chi connectivity index (χ1n) is 15.2. The number of amides is 2. The number of fused-ring (bicyclic) bond motifs is 1. The van der Waals surface area contributed by atoms with Crippen LogP contribution in [0.4, 0.5) is 5.82 Å². The van der Waals surface area contributed by atoms with Crippen LogP contribution in [0, 0.1) is 5.41 Å². The molecule has 2 unspecified atom stereocenters. The largest absolute Gasteiger partial charge is 1.00 e. The van der Waals surface area contributed by atoms with Gasteiger partial charge in [0.1, 0.15) is 36.3 Å². The average Bonchev–Trinajstić information content (AvgIpc) is 3.61. The molecule has 1 aliphatic heterocycles. The van der Waals surface area contributed by atoms with Crippen molar-refractivity contribution < 1.29 is 156 Å². The Hall–Kier alpha value is -0.310. The zero-order valence-corrected chi connectivity index (χ0v) is 35.6. The van der Waals surface area contributed by atoms with E-state index in [0.29, 0.717) is 5.75 Å². The Morgan fingerprint density at radius 3 is 2.30 bits per heavy atom. The normalized spacial score (nSPS) is 20.8. The summed E-state index contributed by atoms with van der Waals surface area (Å²) in [6, 6.07) is 0. The molecule has 32 heteroatoms. The molecule has 24 nitrogen and oxygen atoms in total. The summed E-state index contributed by atoms with van der Waals surface area (Å²) in [6.07, 6.45) is -4.63. The van der Waals surface area contributed by atoms with Gasteiger partial charge in [0.15, 0.2) is 17.7 Å². The predicted octanol–water partition coefficient (Wildman–Crippen LogP) is -15.3. The number of hydrogen-bond acceptors (Lipinski definition) is 22. The third-order valence-electron chi connectivity index (χ3n) is 7.02. The van der Waals surface area contributed by atoms with Gasteiger partial charge < -0.3 is 69.0 Å². The van der Waals surface area contributed by atoms with Gasteiger partial charge in [0.25, 0.3) is 15.6 Å². The third-order valence-corrected chi connectivity index (χ3v) is 10.9. The number of rotatable bonds is 20. The monoisotopic (exact) mass is 859 g/mol. The zero-order chi connectivity index (χ0) is 39.8. The summed E-state index contributed by atoms with van der Waals surface area (Å²) >= 11 is 0.996. The second-order valence-electron chi connectivity index (χ2n) is 11.7. The van der Waals surface area contributed by atoms with Crippen LogP contribution in [-0.2, 0) is 50.7 Å². The van der Waals surface area contributed by atoms with E-state index in [1.165, 1.54) is 19.9 Å². The quantitative estimate of drug-likeness (QED) is 0.0357. The average molecular weight is 859 g/mol. The van der Waals surface area contributed by atoms with E-state index in [1.54, 1.807) is 13.0 Å². The molecule has 0 bridgehead atoms. The van der Waals surface area contributed by atoms with Crippen LogP contribution in [0.2, 0.25) is 0 Å². The second-order valence-corrected chi connectivity index (χ2v) is 16.8. The van der Waals surface area contributed by atoms with Crippen molar-refractivity contribution >= 4 is 69.1 Å². The van der Waals surface area contributed by atoms with Gasteiger partial charge in [-0.3, -0.25) is 28.1 Å². The molecule has 0 spiro atoms. The smallest absolute Gasteiger partial charge is 0.790 e. The first-order chi connectivity index (χ1) is 24.6. The molecule has 3 heterocycles. The number of aromatic nitrogens is 4. The summed E-state index contributed by atoms with van der Waals surface area (Å²) in [6.45, 7) is 1.76. The number of aliphatic hydroxyl groups is 2. The molecule has 298 valence electrons.